The second-order valence-electron chi connectivity index (χ2n) is 3.20. The van der Waals surface area contributed by atoms with E-state index in [0.717, 1.165) is 16.7 Å². The Balaban J connectivity index is 2.15. The Morgan fingerprint density at radius 1 is 1.44 bits per heavy atom. The van der Waals surface area contributed by atoms with Gasteiger partial charge in [0, 0.05) is 18.8 Å². The van der Waals surface area contributed by atoms with Crippen molar-refractivity contribution in [2.45, 2.75) is 13.5 Å². The summed E-state index contributed by atoms with van der Waals surface area (Å²) in [7, 11) is 0. The van der Waals surface area contributed by atoms with E-state index in [-0.39, 0.29) is 5.56 Å². The molecule has 2 rings (SSSR count). The lowest BCUT2D eigenvalue weighted by Crippen LogP contribution is -2.18. The molecule has 2 heterocycles. The van der Waals surface area contributed by atoms with Gasteiger partial charge in [0.1, 0.15) is 5.01 Å². The number of nitrogens with zero attached hydrogens (tertiary/aromatic N) is 3. The highest BCUT2D eigenvalue weighted by Gasteiger charge is 2.04. The highest BCUT2D eigenvalue weighted by molar-refractivity contribution is 7.15. The van der Waals surface area contributed by atoms with Gasteiger partial charge in [-0.2, -0.15) is 0 Å². The number of pyridine rings is 1. The number of hydrogen-bond acceptors (Lipinski definition) is 5. The first kappa shape index (κ1) is 10.8. The molecular formula is C10H12N4OS. The van der Waals surface area contributed by atoms with E-state index in [1.54, 1.807) is 16.8 Å². The summed E-state index contributed by atoms with van der Waals surface area (Å²) in [4.78, 5) is 11.5. The van der Waals surface area contributed by atoms with E-state index >= 15 is 0 Å². The Hall–Kier alpha value is -1.69. The number of rotatable bonds is 4. The van der Waals surface area contributed by atoms with Crippen molar-refractivity contribution >= 4 is 16.5 Å². The minimum absolute atomic E-state index is 0.0253. The zero-order chi connectivity index (χ0) is 11.4. The van der Waals surface area contributed by atoms with Crippen LogP contribution in [0.4, 0.5) is 5.13 Å². The smallest absolute Gasteiger partial charge is 0.250 e. The van der Waals surface area contributed by atoms with Crippen LogP contribution in [0.2, 0.25) is 0 Å². The highest BCUT2D eigenvalue weighted by Crippen LogP contribution is 2.15. The molecule has 0 radical (unpaired) electrons. The molecule has 0 spiro atoms. The Kier molecular flexibility index (Phi) is 3.31. The summed E-state index contributed by atoms with van der Waals surface area (Å²) >= 11 is 1.47. The van der Waals surface area contributed by atoms with Crippen LogP contribution in [-0.4, -0.2) is 21.3 Å². The standard InChI is InChI=1S/C10H12N4OS/c1-2-11-10-13-12-8(16-10)7-14-6-4-3-5-9(14)15/h3-6H,2,7H2,1H3,(H,11,13). The molecule has 6 heteroatoms. The molecule has 2 aromatic heterocycles. The van der Waals surface area contributed by atoms with Gasteiger partial charge in [-0.3, -0.25) is 4.79 Å². The van der Waals surface area contributed by atoms with Gasteiger partial charge in [-0.15, -0.1) is 10.2 Å². The summed E-state index contributed by atoms with van der Waals surface area (Å²) in [5.41, 5.74) is -0.0253. The molecule has 16 heavy (non-hydrogen) atoms. The van der Waals surface area contributed by atoms with Crippen molar-refractivity contribution in [2.24, 2.45) is 0 Å². The maximum atomic E-state index is 11.5. The SMILES string of the molecule is CCNc1nnc(Cn2ccccc2=O)s1. The number of nitrogens with one attached hydrogen (secondary N) is 1. The van der Waals surface area contributed by atoms with Crippen molar-refractivity contribution in [3.63, 3.8) is 0 Å². The van der Waals surface area contributed by atoms with E-state index in [0.29, 0.717) is 6.54 Å². The monoisotopic (exact) mass is 236 g/mol. The van der Waals surface area contributed by atoms with Gasteiger partial charge in [0.15, 0.2) is 0 Å². The summed E-state index contributed by atoms with van der Waals surface area (Å²) in [6.07, 6.45) is 1.75. The maximum absolute atomic E-state index is 11.5. The van der Waals surface area contributed by atoms with E-state index in [1.165, 1.54) is 17.4 Å². The average Bonchev–Trinajstić information content (AvgIpc) is 2.70. The van der Waals surface area contributed by atoms with Crippen LogP contribution in [0.5, 0.6) is 0 Å². The highest BCUT2D eigenvalue weighted by atomic mass is 32.1. The molecule has 0 fully saturated rings. The molecule has 0 saturated heterocycles. The largest absolute Gasteiger partial charge is 0.360 e. The lowest BCUT2D eigenvalue weighted by molar-refractivity contribution is 0.744. The van der Waals surface area contributed by atoms with Gasteiger partial charge in [0.25, 0.3) is 5.56 Å². The van der Waals surface area contributed by atoms with Gasteiger partial charge in [0.2, 0.25) is 5.13 Å². The first-order valence-corrected chi connectivity index (χ1v) is 5.83. The molecule has 0 amide bonds. The van der Waals surface area contributed by atoms with Crippen molar-refractivity contribution in [2.75, 3.05) is 11.9 Å². The maximum Gasteiger partial charge on any atom is 0.250 e. The summed E-state index contributed by atoms with van der Waals surface area (Å²) in [6, 6.07) is 5.09. The first-order valence-electron chi connectivity index (χ1n) is 5.01. The summed E-state index contributed by atoms with van der Waals surface area (Å²) in [5, 5.41) is 12.7. The van der Waals surface area contributed by atoms with Crippen LogP contribution in [0.25, 0.3) is 0 Å². The molecule has 2 aromatic rings. The Morgan fingerprint density at radius 2 is 2.31 bits per heavy atom. The van der Waals surface area contributed by atoms with Crippen LogP contribution in [0, 0.1) is 0 Å². The third-order valence-electron chi connectivity index (χ3n) is 2.00. The lowest BCUT2D eigenvalue weighted by Gasteiger charge is -1.99. The predicted octanol–water partition coefficient (Wildman–Crippen LogP) is 1.18. The van der Waals surface area contributed by atoms with Gasteiger partial charge in [0.05, 0.1) is 6.54 Å². The third-order valence-corrected chi connectivity index (χ3v) is 2.87. The molecule has 0 saturated carbocycles. The van der Waals surface area contributed by atoms with Crippen molar-refractivity contribution in [3.05, 3.63) is 39.8 Å². The summed E-state index contributed by atoms with van der Waals surface area (Å²) < 4.78 is 1.61. The molecule has 0 aliphatic carbocycles. The number of anilines is 1. The van der Waals surface area contributed by atoms with Gasteiger partial charge in [-0.05, 0) is 13.0 Å². The molecule has 1 N–H and O–H groups in total. The normalized spacial score (nSPS) is 10.3. The average molecular weight is 236 g/mol. The Bertz CT molecular complexity index is 519. The fourth-order valence-corrected chi connectivity index (χ4v) is 2.08. The van der Waals surface area contributed by atoms with E-state index < -0.39 is 0 Å². The van der Waals surface area contributed by atoms with Gasteiger partial charge in [-0.1, -0.05) is 17.4 Å². The van der Waals surface area contributed by atoms with Gasteiger partial charge < -0.3 is 9.88 Å². The fourth-order valence-electron chi connectivity index (χ4n) is 1.28. The van der Waals surface area contributed by atoms with Crippen molar-refractivity contribution < 1.29 is 0 Å². The van der Waals surface area contributed by atoms with Crippen molar-refractivity contribution in [1.82, 2.24) is 14.8 Å². The topological polar surface area (TPSA) is 59.8 Å². The van der Waals surface area contributed by atoms with Gasteiger partial charge >= 0.3 is 0 Å². The van der Waals surface area contributed by atoms with Crippen LogP contribution >= 0.6 is 11.3 Å². The number of hydrogen-bond donors (Lipinski definition) is 1. The molecule has 5 nitrogen and oxygen atoms in total. The second-order valence-corrected chi connectivity index (χ2v) is 4.26. The molecule has 0 bridgehead atoms. The van der Waals surface area contributed by atoms with Crippen LogP contribution < -0.4 is 10.9 Å². The molecule has 0 unspecified atom stereocenters. The summed E-state index contributed by atoms with van der Waals surface area (Å²) in [6.45, 7) is 3.30. The lowest BCUT2D eigenvalue weighted by atomic mass is 10.5. The van der Waals surface area contributed by atoms with Crippen LogP contribution in [0.15, 0.2) is 29.2 Å². The van der Waals surface area contributed by atoms with E-state index in [4.69, 9.17) is 0 Å². The minimum Gasteiger partial charge on any atom is -0.360 e. The fraction of sp³-hybridized carbons (Fsp3) is 0.300. The summed E-state index contributed by atoms with van der Waals surface area (Å²) in [5.74, 6) is 0. The molecule has 0 atom stereocenters. The quantitative estimate of drug-likeness (QED) is 0.866. The second kappa shape index (κ2) is 4.89. The predicted molar refractivity (Wildman–Crippen MR) is 63.9 cm³/mol. The van der Waals surface area contributed by atoms with Crippen LogP contribution in [0.1, 0.15) is 11.9 Å². The van der Waals surface area contributed by atoms with Crippen molar-refractivity contribution in [3.8, 4) is 0 Å². The van der Waals surface area contributed by atoms with Gasteiger partial charge in [-0.25, -0.2) is 0 Å². The van der Waals surface area contributed by atoms with Crippen molar-refractivity contribution in [1.29, 1.82) is 0 Å². The molecular weight excluding hydrogens is 224 g/mol. The van der Waals surface area contributed by atoms with E-state index in [2.05, 4.69) is 15.5 Å². The zero-order valence-electron chi connectivity index (χ0n) is 8.88. The molecule has 0 aliphatic heterocycles. The number of aromatic nitrogens is 3. The molecule has 0 aliphatic rings. The molecule has 84 valence electrons. The minimum atomic E-state index is -0.0253. The van der Waals surface area contributed by atoms with Crippen LogP contribution in [-0.2, 0) is 6.54 Å². The first-order chi connectivity index (χ1) is 7.79. The third kappa shape index (κ3) is 2.46. The van der Waals surface area contributed by atoms with E-state index in [9.17, 15) is 4.79 Å². The van der Waals surface area contributed by atoms with Crippen LogP contribution in [0.3, 0.4) is 0 Å². The Morgan fingerprint density at radius 3 is 3.06 bits per heavy atom. The Labute approximate surface area is 96.8 Å². The molecule has 0 aromatic carbocycles. The zero-order valence-corrected chi connectivity index (χ0v) is 9.70. The van der Waals surface area contributed by atoms with E-state index in [1.807, 2.05) is 13.0 Å².